The van der Waals surface area contributed by atoms with E-state index in [4.69, 9.17) is 5.73 Å². The van der Waals surface area contributed by atoms with Crippen LogP contribution >= 0.6 is 0 Å². The van der Waals surface area contributed by atoms with E-state index in [1.165, 1.54) is 6.92 Å². The molecule has 0 aromatic heterocycles. The highest BCUT2D eigenvalue weighted by Crippen LogP contribution is 2.27. The van der Waals surface area contributed by atoms with Gasteiger partial charge in [-0.2, -0.15) is 0 Å². The van der Waals surface area contributed by atoms with Crippen LogP contribution in [0.3, 0.4) is 0 Å². The Balaban J connectivity index is 1.93. The Bertz CT molecular complexity index is 569. The number of benzene rings is 1. The maximum Gasteiger partial charge on any atom is 0.238 e. The molecule has 3 N–H and O–H groups in total. The molecule has 1 aromatic carbocycles. The second-order valence-corrected chi connectivity index (χ2v) is 6.78. The fraction of sp³-hybridized carbons (Fsp3) is 0.529. The smallest absolute Gasteiger partial charge is 0.238 e. The third kappa shape index (κ3) is 4.15. The molecule has 1 atom stereocenters. The number of carbonyl (C=O) groups is 2. The van der Waals surface area contributed by atoms with Gasteiger partial charge in [0, 0.05) is 30.4 Å². The van der Waals surface area contributed by atoms with E-state index in [0.29, 0.717) is 17.8 Å². The van der Waals surface area contributed by atoms with Crippen LogP contribution in [0.5, 0.6) is 0 Å². The molecule has 0 radical (unpaired) electrons. The molecule has 0 spiro atoms. The highest BCUT2D eigenvalue weighted by molar-refractivity contribution is 5.97. The zero-order valence-electron chi connectivity index (χ0n) is 13.6. The van der Waals surface area contributed by atoms with E-state index in [1.807, 2.05) is 0 Å². The molecule has 22 heavy (non-hydrogen) atoms. The molecule has 1 fully saturated rings. The number of amides is 1. The maximum atomic E-state index is 12.2. The topological polar surface area (TPSA) is 75.4 Å². The first-order valence-electron chi connectivity index (χ1n) is 7.67. The van der Waals surface area contributed by atoms with Crippen LogP contribution in [0.1, 0.15) is 37.6 Å². The number of Topliss-reactive ketones (excluding diaryl/α,β-unsaturated/α-hetero) is 1. The quantitative estimate of drug-likeness (QED) is 0.833. The summed E-state index contributed by atoms with van der Waals surface area (Å²) in [5.74, 6) is -0.0742. The number of likely N-dealkylation sites (tertiary alicyclic amines) is 1. The van der Waals surface area contributed by atoms with E-state index >= 15 is 0 Å². The van der Waals surface area contributed by atoms with E-state index in [2.05, 4.69) is 24.1 Å². The van der Waals surface area contributed by atoms with Crippen molar-refractivity contribution < 1.29 is 9.59 Å². The van der Waals surface area contributed by atoms with Gasteiger partial charge in [0.2, 0.25) is 5.91 Å². The molecule has 1 amide bonds. The lowest BCUT2D eigenvalue weighted by molar-refractivity contribution is -0.118. The van der Waals surface area contributed by atoms with Crippen molar-refractivity contribution in [1.29, 1.82) is 0 Å². The van der Waals surface area contributed by atoms with E-state index in [1.54, 1.807) is 24.3 Å². The number of hydrogen-bond acceptors (Lipinski definition) is 4. The average molecular weight is 303 g/mol. The normalized spacial score (nSPS) is 21.4. The Morgan fingerprint density at radius 1 is 1.41 bits per heavy atom. The first kappa shape index (κ1) is 16.6. The standard InChI is InChI=1S/C17H25N3O2/c1-12(21)13-5-4-6-14(9-13)19-16(22)10-20-8-7-15(18)17(2,3)11-20/h4-6,9,15H,7-8,10-11,18H2,1-3H3,(H,19,22). The van der Waals surface area contributed by atoms with Crippen molar-refractivity contribution in [2.45, 2.75) is 33.2 Å². The Morgan fingerprint density at radius 2 is 2.14 bits per heavy atom. The Labute approximate surface area is 131 Å². The zero-order chi connectivity index (χ0) is 16.3. The van der Waals surface area contributed by atoms with Crippen LogP contribution in [0.2, 0.25) is 0 Å². The highest BCUT2D eigenvalue weighted by Gasteiger charge is 2.33. The fourth-order valence-corrected chi connectivity index (χ4v) is 2.84. The molecule has 0 aliphatic carbocycles. The highest BCUT2D eigenvalue weighted by atomic mass is 16.2. The van der Waals surface area contributed by atoms with Crippen LogP contribution in [-0.2, 0) is 4.79 Å². The van der Waals surface area contributed by atoms with Crippen LogP contribution in [-0.4, -0.2) is 42.3 Å². The van der Waals surface area contributed by atoms with Crippen molar-refractivity contribution in [3.8, 4) is 0 Å². The molecule has 0 bridgehead atoms. The molecule has 2 rings (SSSR count). The van der Waals surface area contributed by atoms with Crippen molar-refractivity contribution in [2.24, 2.45) is 11.1 Å². The first-order chi connectivity index (χ1) is 10.3. The molecule has 0 saturated carbocycles. The molecule has 5 heteroatoms. The van der Waals surface area contributed by atoms with Crippen LogP contribution in [0, 0.1) is 5.41 Å². The summed E-state index contributed by atoms with van der Waals surface area (Å²) in [6.45, 7) is 7.79. The number of carbonyl (C=O) groups excluding carboxylic acids is 2. The molecule has 1 heterocycles. The molecule has 1 aliphatic heterocycles. The Hall–Kier alpha value is -1.72. The molecular formula is C17H25N3O2. The van der Waals surface area contributed by atoms with E-state index < -0.39 is 0 Å². The van der Waals surface area contributed by atoms with Crippen molar-refractivity contribution in [3.63, 3.8) is 0 Å². The van der Waals surface area contributed by atoms with E-state index in [9.17, 15) is 9.59 Å². The number of piperidine rings is 1. The van der Waals surface area contributed by atoms with E-state index in [0.717, 1.165) is 19.5 Å². The van der Waals surface area contributed by atoms with Crippen LogP contribution in [0.25, 0.3) is 0 Å². The predicted octanol–water partition coefficient (Wildman–Crippen LogP) is 1.89. The summed E-state index contributed by atoms with van der Waals surface area (Å²) in [7, 11) is 0. The molecule has 1 aliphatic rings. The monoisotopic (exact) mass is 303 g/mol. The lowest BCUT2D eigenvalue weighted by Crippen LogP contribution is -2.53. The second-order valence-electron chi connectivity index (χ2n) is 6.78. The van der Waals surface area contributed by atoms with Crippen molar-refractivity contribution in [3.05, 3.63) is 29.8 Å². The van der Waals surface area contributed by atoms with E-state index in [-0.39, 0.29) is 23.1 Å². The van der Waals surface area contributed by atoms with Crippen LogP contribution in [0.15, 0.2) is 24.3 Å². The molecular weight excluding hydrogens is 278 g/mol. The van der Waals surface area contributed by atoms with Gasteiger partial charge in [-0.3, -0.25) is 14.5 Å². The summed E-state index contributed by atoms with van der Waals surface area (Å²) >= 11 is 0. The first-order valence-corrected chi connectivity index (χ1v) is 7.67. The Kier molecular flexibility index (Phi) is 4.98. The largest absolute Gasteiger partial charge is 0.327 e. The lowest BCUT2D eigenvalue weighted by Gasteiger charge is -2.42. The van der Waals surface area contributed by atoms with Gasteiger partial charge in [0.15, 0.2) is 5.78 Å². The van der Waals surface area contributed by atoms with Gasteiger partial charge in [-0.25, -0.2) is 0 Å². The molecule has 1 saturated heterocycles. The molecule has 1 unspecified atom stereocenters. The van der Waals surface area contributed by atoms with Gasteiger partial charge in [-0.15, -0.1) is 0 Å². The number of ketones is 1. The number of nitrogens with zero attached hydrogens (tertiary/aromatic N) is 1. The summed E-state index contributed by atoms with van der Waals surface area (Å²) in [4.78, 5) is 25.7. The molecule has 1 aromatic rings. The van der Waals surface area contributed by atoms with Crippen molar-refractivity contribution >= 4 is 17.4 Å². The van der Waals surface area contributed by atoms with Gasteiger partial charge >= 0.3 is 0 Å². The minimum Gasteiger partial charge on any atom is -0.327 e. The fourth-order valence-electron chi connectivity index (χ4n) is 2.84. The lowest BCUT2D eigenvalue weighted by atomic mass is 9.80. The van der Waals surface area contributed by atoms with Gasteiger partial charge < -0.3 is 11.1 Å². The molecule has 5 nitrogen and oxygen atoms in total. The summed E-state index contributed by atoms with van der Waals surface area (Å²) in [6, 6.07) is 7.19. The van der Waals surface area contributed by atoms with Crippen LogP contribution in [0.4, 0.5) is 5.69 Å². The van der Waals surface area contributed by atoms with Gasteiger partial charge in [0.25, 0.3) is 0 Å². The summed E-state index contributed by atoms with van der Waals surface area (Å²) in [6.07, 6.45) is 0.903. The summed E-state index contributed by atoms with van der Waals surface area (Å²) in [5.41, 5.74) is 7.39. The third-order valence-corrected chi connectivity index (χ3v) is 4.31. The minimum atomic E-state index is -0.0630. The number of anilines is 1. The zero-order valence-corrected chi connectivity index (χ0v) is 13.6. The third-order valence-electron chi connectivity index (χ3n) is 4.31. The number of nitrogens with one attached hydrogen (secondary N) is 1. The predicted molar refractivity (Wildman–Crippen MR) is 87.9 cm³/mol. The van der Waals surface area contributed by atoms with Gasteiger partial charge in [0.1, 0.15) is 0 Å². The van der Waals surface area contributed by atoms with Crippen LogP contribution < -0.4 is 11.1 Å². The average Bonchev–Trinajstić information content (AvgIpc) is 2.42. The van der Waals surface area contributed by atoms with Gasteiger partial charge in [-0.05, 0) is 30.9 Å². The second kappa shape index (κ2) is 6.58. The van der Waals surface area contributed by atoms with Gasteiger partial charge in [0.05, 0.1) is 6.54 Å². The van der Waals surface area contributed by atoms with Gasteiger partial charge in [-0.1, -0.05) is 26.0 Å². The van der Waals surface area contributed by atoms with Crippen molar-refractivity contribution in [1.82, 2.24) is 4.90 Å². The summed E-state index contributed by atoms with van der Waals surface area (Å²) < 4.78 is 0. The maximum absolute atomic E-state index is 12.2. The number of rotatable bonds is 4. The van der Waals surface area contributed by atoms with Crippen molar-refractivity contribution in [2.75, 3.05) is 25.0 Å². The molecule has 120 valence electrons. The minimum absolute atomic E-state index is 0.0112. The Morgan fingerprint density at radius 3 is 2.77 bits per heavy atom. The summed E-state index contributed by atoms with van der Waals surface area (Å²) in [5, 5.41) is 2.86. The number of nitrogens with two attached hydrogens (primary N) is 1. The number of hydrogen-bond donors (Lipinski definition) is 2. The SMILES string of the molecule is CC(=O)c1cccc(NC(=O)CN2CCC(N)C(C)(C)C2)c1.